The molecule has 1 aliphatic heterocycles. The van der Waals surface area contributed by atoms with Gasteiger partial charge in [-0.1, -0.05) is 13.0 Å². The number of thioether (sulfide) groups is 1. The maximum Gasteiger partial charge on any atom is 0.168 e. The first-order chi connectivity index (χ1) is 4.84. The van der Waals surface area contributed by atoms with Gasteiger partial charge in [0, 0.05) is 17.1 Å². The summed E-state index contributed by atoms with van der Waals surface area (Å²) in [5.41, 5.74) is 0. The van der Waals surface area contributed by atoms with E-state index in [1.54, 1.807) is 11.8 Å². The van der Waals surface area contributed by atoms with Gasteiger partial charge in [-0.15, -0.1) is 11.8 Å². The lowest BCUT2D eigenvalue weighted by Gasteiger charge is -1.96. The number of ketones is 1. The average molecular weight is 156 g/mol. The monoisotopic (exact) mass is 156 g/mol. The SMILES string of the molecule is CCCC(=O)C1=CCCS1. The fraction of sp³-hybridized carbons (Fsp3) is 0.625. The molecule has 1 rings (SSSR count). The molecular weight excluding hydrogens is 144 g/mol. The van der Waals surface area contributed by atoms with E-state index >= 15 is 0 Å². The van der Waals surface area contributed by atoms with Gasteiger partial charge in [0.15, 0.2) is 5.78 Å². The van der Waals surface area contributed by atoms with Crippen LogP contribution in [-0.2, 0) is 4.79 Å². The minimum Gasteiger partial charge on any atom is -0.294 e. The number of Topliss-reactive ketones (excluding diaryl/α,β-unsaturated/α-hetero) is 1. The smallest absolute Gasteiger partial charge is 0.168 e. The molecule has 0 fully saturated rings. The Morgan fingerprint density at radius 1 is 1.80 bits per heavy atom. The summed E-state index contributed by atoms with van der Waals surface area (Å²) in [6.07, 6.45) is 4.83. The van der Waals surface area contributed by atoms with Crippen molar-refractivity contribution in [1.29, 1.82) is 0 Å². The molecule has 10 heavy (non-hydrogen) atoms. The van der Waals surface area contributed by atoms with Crippen molar-refractivity contribution < 1.29 is 4.79 Å². The first-order valence-corrected chi connectivity index (χ1v) is 4.69. The van der Waals surface area contributed by atoms with Crippen molar-refractivity contribution >= 4 is 17.5 Å². The molecule has 2 heteroatoms. The molecule has 1 nitrogen and oxygen atoms in total. The first-order valence-electron chi connectivity index (χ1n) is 3.70. The fourth-order valence-corrected chi connectivity index (χ4v) is 1.92. The Hall–Kier alpha value is -0.240. The van der Waals surface area contributed by atoms with E-state index in [4.69, 9.17) is 0 Å². The van der Waals surface area contributed by atoms with Crippen molar-refractivity contribution in [3.63, 3.8) is 0 Å². The van der Waals surface area contributed by atoms with Crippen LogP contribution in [-0.4, -0.2) is 11.5 Å². The van der Waals surface area contributed by atoms with Crippen molar-refractivity contribution in [3.05, 3.63) is 11.0 Å². The van der Waals surface area contributed by atoms with Crippen LogP contribution < -0.4 is 0 Å². The molecule has 0 atom stereocenters. The van der Waals surface area contributed by atoms with Crippen LogP contribution in [0.25, 0.3) is 0 Å². The molecule has 0 unspecified atom stereocenters. The second-order valence-electron chi connectivity index (χ2n) is 2.38. The normalized spacial score (nSPS) is 17.1. The van der Waals surface area contributed by atoms with E-state index < -0.39 is 0 Å². The Labute approximate surface area is 65.9 Å². The molecule has 0 amide bonds. The van der Waals surface area contributed by atoms with Gasteiger partial charge in [0.1, 0.15) is 0 Å². The Kier molecular flexibility index (Phi) is 3.00. The Balaban J connectivity index is 2.40. The van der Waals surface area contributed by atoms with E-state index in [9.17, 15) is 4.79 Å². The molecule has 0 spiro atoms. The molecule has 1 aliphatic rings. The van der Waals surface area contributed by atoms with Crippen molar-refractivity contribution in [2.24, 2.45) is 0 Å². The molecule has 0 N–H and O–H groups in total. The third-order valence-electron chi connectivity index (χ3n) is 1.46. The lowest BCUT2D eigenvalue weighted by molar-refractivity contribution is -0.114. The second kappa shape index (κ2) is 3.81. The zero-order chi connectivity index (χ0) is 7.40. The number of hydrogen-bond acceptors (Lipinski definition) is 2. The lowest BCUT2D eigenvalue weighted by Crippen LogP contribution is -1.95. The van der Waals surface area contributed by atoms with E-state index in [0.717, 1.165) is 29.9 Å². The lowest BCUT2D eigenvalue weighted by atomic mass is 10.2. The van der Waals surface area contributed by atoms with Crippen LogP contribution in [0.4, 0.5) is 0 Å². The van der Waals surface area contributed by atoms with Gasteiger partial charge in [0.2, 0.25) is 0 Å². The maximum atomic E-state index is 11.2. The van der Waals surface area contributed by atoms with Crippen LogP contribution in [0, 0.1) is 0 Å². The minimum absolute atomic E-state index is 0.338. The summed E-state index contributed by atoms with van der Waals surface area (Å²) in [4.78, 5) is 12.2. The minimum atomic E-state index is 0.338. The molecule has 0 saturated heterocycles. The average Bonchev–Trinajstić information content (AvgIpc) is 2.38. The van der Waals surface area contributed by atoms with Gasteiger partial charge in [0.05, 0.1) is 0 Å². The van der Waals surface area contributed by atoms with Gasteiger partial charge in [-0.25, -0.2) is 0 Å². The van der Waals surface area contributed by atoms with Crippen LogP contribution in [0.3, 0.4) is 0 Å². The third-order valence-corrected chi connectivity index (χ3v) is 2.60. The molecule has 1 heterocycles. The topological polar surface area (TPSA) is 17.1 Å². The van der Waals surface area contributed by atoms with Gasteiger partial charge < -0.3 is 0 Å². The summed E-state index contributed by atoms with van der Waals surface area (Å²) < 4.78 is 0. The van der Waals surface area contributed by atoms with Crippen LogP contribution in [0.15, 0.2) is 11.0 Å². The molecule has 56 valence electrons. The number of carbonyl (C=O) groups excluding carboxylic acids is 1. The van der Waals surface area contributed by atoms with Crippen LogP contribution >= 0.6 is 11.8 Å². The summed E-state index contributed by atoms with van der Waals surface area (Å²) in [5, 5.41) is 0. The highest BCUT2D eigenvalue weighted by Crippen LogP contribution is 2.26. The molecule has 0 radical (unpaired) electrons. The van der Waals surface area contributed by atoms with Crippen molar-refractivity contribution in [1.82, 2.24) is 0 Å². The number of hydrogen-bond donors (Lipinski definition) is 0. The Morgan fingerprint density at radius 2 is 2.60 bits per heavy atom. The summed E-state index contributed by atoms with van der Waals surface area (Å²) in [6, 6.07) is 0. The zero-order valence-corrected chi connectivity index (χ0v) is 7.04. The molecule has 0 aromatic heterocycles. The molecule has 0 aromatic rings. The van der Waals surface area contributed by atoms with Gasteiger partial charge in [0.25, 0.3) is 0 Å². The van der Waals surface area contributed by atoms with Crippen molar-refractivity contribution in [2.45, 2.75) is 26.2 Å². The summed E-state index contributed by atoms with van der Waals surface area (Å²) >= 11 is 1.70. The molecule has 0 aliphatic carbocycles. The first kappa shape index (κ1) is 7.86. The summed E-state index contributed by atoms with van der Waals surface area (Å²) in [7, 11) is 0. The zero-order valence-electron chi connectivity index (χ0n) is 6.22. The predicted octanol–water partition coefficient (Wildman–Crippen LogP) is 2.38. The van der Waals surface area contributed by atoms with Crippen LogP contribution in [0.1, 0.15) is 26.2 Å². The van der Waals surface area contributed by atoms with E-state index in [-0.39, 0.29) is 0 Å². The highest BCUT2D eigenvalue weighted by atomic mass is 32.2. The molecular formula is C8H12OS. The number of carbonyl (C=O) groups is 1. The van der Waals surface area contributed by atoms with Crippen molar-refractivity contribution in [2.75, 3.05) is 5.75 Å². The van der Waals surface area contributed by atoms with E-state index in [2.05, 4.69) is 6.08 Å². The standard InChI is InChI=1S/C8H12OS/c1-2-4-7(9)8-5-3-6-10-8/h5H,2-4,6H2,1H3. The van der Waals surface area contributed by atoms with Crippen molar-refractivity contribution in [3.8, 4) is 0 Å². The quantitative estimate of drug-likeness (QED) is 0.624. The van der Waals surface area contributed by atoms with E-state index in [0.29, 0.717) is 5.78 Å². The highest BCUT2D eigenvalue weighted by molar-refractivity contribution is 8.04. The number of rotatable bonds is 3. The fourth-order valence-electron chi connectivity index (χ4n) is 0.962. The van der Waals surface area contributed by atoms with Gasteiger partial charge in [-0.2, -0.15) is 0 Å². The number of allylic oxidation sites excluding steroid dienone is 2. The molecule has 0 bridgehead atoms. The molecule has 0 saturated carbocycles. The largest absolute Gasteiger partial charge is 0.294 e. The van der Waals surface area contributed by atoms with E-state index in [1.165, 1.54) is 0 Å². The Morgan fingerprint density at radius 3 is 3.10 bits per heavy atom. The maximum absolute atomic E-state index is 11.2. The summed E-state index contributed by atoms with van der Waals surface area (Å²) in [5.74, 6) is 1.44. The van der Waals surface area contributed by atoms with Crippen LogP contribution in [0.5, 0.6) is 0 Å². The second-order valence-corrected chi connectivity index (χ2v) is 3.52. The van der Waals surface area contributed by atoms with Crippen LogP contribution in [0.2, 0.25) is 0 Å². The van der Waals surface area contributed by atoms with Gasteiger partial charge in [-0.05, 0) is 12.8 Å². The Bertz CT molecular complexity index is 161. The summed E-state index contributed by atoms with van der Waals surface area (Å²) in [6.45, 7) is 2.04. The molecule has 0 aromatic carbocycles. The third kappa shape index (κ3) is 1.87. The van der Waals surface area contributed by atoms with E-state index in [1.807, 2.05) is 6.92 Å². The van der Waals surface area contributed by atoms with Gasteiger partial charge in [-0.3, -0.25) is 4.79 Å². The predicted molar refractivity (Wildman–Crippen MR) is 45.1 cm³/mol. The highest BCUT2D eigenvalue weighted by Gasteiger charge is 2.11. The van der Waals surface area contributed by atoms with Gasteiger partial charge >= 0.3 is 0 Å².